The number of nitrogen functional groups attached to an aromatic ring is 1. The maximum atomic E-state index is 12.9. The Balaban J connectivity index is 1.45. The summed E-state index contributed by atoms with van der Waals surface area (Å²) in [5.74, 6) is 0.150. The van der Waals surface area contributed by atoms with Crippen molar-refractivity contribution in [1.29, 1.82) is 0 Å². The molecule has 1 saturated heterocycles. The molecule has 0 aliphatic carbocycles. The molecule has 4 rings (SSSR count). The molecule has 3 heterocycles. The molecule has 2 aliphatic heterocycles. The van der Waals surface area contributed by atoms with Gasteiger partial charge in [-0.3, -0.25) is 4.79 Å². The Hall–Kier alpha value is -2.60. The summed E-state index contributed by atoms with van der Waals surface area (Å²) in [6.07, 6.45) is 4.73. The maximum absolute atomic E-state index is 12.9. The molecule has 6 heteroatoms. The third-order valence-electron chi connectivity index (χ3n) is 6.10. The summed E-state index contributed by atoms with van der Waals surface area (Å²) in [5.41, 5.74) is 11.0. The van der Waals surface area contributed by atoms with Crippen LogP contribution in [-0.2, 0) is 13.0 Å². The fourth-order valence-electron chi connectivity index (χ4n) is 4.29. The number of carbonyl (C=O) groups is 1. The van der Waals surface area contributed by atoms with Gasteiger partial charge in [0.05, 0.1) is 11.6 Å². The Bertz CT molecular complexity index is 874. The van der Waals surface area contributed by atoms with E-state index in [2.05, 4.69) is 51.4 Å². The van der Waals surface area contributed by atoms with E-state index in [1.165, 1.54) is 24.9 Å². The van der Waals surface area contributed by atoms with E-state index in [0.717, 1.165) is 49.4 Å². The number of fused-ring (bicyclic) bond motifs is 1. The number of pyridine rings is 1. The molecule has 0 spiro atoms. The standard InChI is InChI=1S/C23H31N5O/c1-16(17-6-8-19(9-7-17)28-11-4-3-5-12-28)25-23(29)20-14-18-15-27(2)13-10-21(18)26-22(20)24/h6-9,14,16H,3-5,10-13,15H2,1-2H3,(H2,24,26)(H,25,29)/t16-/m1/s1. The minimum absolute atomic E-state index is 0.101. The van der Waals surface area contributed by atoms with Crippen molar-refractivity contribution >= 4 is 17.4 Å². The summed E-state index contributed by atoms with van der Waals surface area (Å²) in [5, 5.41) is 3.08. The van der Waals surface area contributed by atoms with Crippen LogP contribution in [0.2, 0.25) is 0 Å². The first-order valence-corrected chi connectivity index (χ1v) is 10.6. The molecule has 0 unspecified atom stereocenters. The van der Waals surface area contributed by atoms with E-state index in [1.54, 1.807) is 0 Å². The number of likely N-dealkylation sites (N-methyl/N-ethyl adjacent to an activating group) is 1. The molecular weight excluding hydrogens is 362 g/mol. The zero-order chi connectivity index (χ0) is 20.4. The van der Waals surface area contributed by atoms with Crippen LogP contribution in [0.5, 0.6) is 0 Å². The van der Waals surface area contributed by atoms with Crippen LogP contribution < -0.4 is 16.0 Å². The van der Waals surface area contributed by atoms with Crippen molar-refractivity contribution in [3.8, 4) is 0 Å². The van der Waals surface area contributed by atoms with Crippen LogP contribution in [-0.4, -0.2) is 42.5 Å². The fraction of sp³-hybridized carbons (Fsp3) is 0.478. The molecule has 1 aromatic heterocycles. The molecule has 0 bridgehead atoms. The van der Waals surface area contributed by atoms with E-state index in [4.69, 9.17) is 5.73 Å². The molecule has 0 radical (unpaired) electrons. The Morgan fingerprint density at radius 1 is 1.14 bits per heavy atom. The van der Waals surface area contributed by atoms with Gasteiger partial charge in [-0.05, 0) is 62.6 Å². The lowest BCUT2D eigenvalue weighted by molar-refractivity contribution is 0.0940. The van der Waals surface area contributed by atoms with E-state index in [1.807, 2.05) is 13.0 Å². The molecular formula is C23H31N5O. The first-order valence-electron chi connectivity index (χ1n) is 10.6. The van der Waals surface area contributed by atoms with Gasteiger partial charge in [0.15, 0.2) is 0 Å². The molecule has 3 N–H and O–H groups in total. The minimum atomic E-state index is -0.168. The molecule has 1 atom stereocenters. The molecule has 2 aliphatic rings. The monoisotopic (exact) mass is 393 g/mol. The molecule has 1 fully saturated rings. The zero-order valence-electron chi connectivity index (χ0n) is 17.4. The van der Waals surface area contributed by atoms with Crippen LogP contribution in [0, 0.1) is 0 Å². The third-order valence-corrected chi connectivity index (χ3v) is 6.10. The smallest absolute Gasteiger partial charge is 0.255 e. The maximum Gasteiger partial charge on any atom is 0.255 e. The lowest BCUT2D eigenvalue weighted by Crippen LogP contribution is -2.31. The number of hydrogen-bond donors (Lipinski definition) is 2. The molecule has 0 saturated carbocycles. The highest BCUT2D eigenvalue weighted by Gasteiger charge is 2.21. The highest BCUT2D eigenvalue weighted by atomic mass is 16.1. The summed E-state index contributed by atoms with van der Waals surface area (Å²) >= 11 is 0. The normalized spacial score (nSPS) is 18.2. The van der Waals surface area contributed by atoms with Gasteiger partial charge in [0.2, 0.25) is 0 Å². The van der Waals surface area contributed by atoms with E-state index in [0.29, 0.717) is 11.4 Å². The first kappa shape index (κ1) is 19.7. The zero-order valence-corrected chi connectivity index (χ0v) is 17.4. The SMILES string of the molecule is C[C@@H](NC(=O)c1cc2c(nc1N)CCN(C)C2)c1ccc(N2CCCCC2)cc1. The van der Waals surface area contributed by atoms with Gasteiger partial charge in [-0.2, -0.15) is 0 Å². The number of rotatable bonds is 4. The van der Waals surface area contributed by atoms with Gasteiger partial charge >= 0.3 is 0 Å². The number of carbonyl (C=O) groups excluding carboxylic acids is 1. The van der Waals surface area contributed by atoms with E-state index >= 15 is 0 Å². The number of hydrogen-bond acceptors (Lipinski definition) is 5. The third kappa shape index (κ3) is 4.37. The van der Waals surface area contributed by atoms with Gasteiger partial charge in [0.25, 0.3) is 5.91 Å². The van der Waals surface area contributed by atoms with E-state index < -0.39 is 0 Å². The molecule has 1 amide bonds. The first-order chi connectivity index (χ1) is 14.0. The number of nitrogens with one attached hydrogen (secondary N) is 1. The number of piperidine rings is 1. The molecule has 29 heavy (non-hydrogen) atoms. The quantitative estimate of drug-likeness (QED) is 0.835. The lowest BCUT2D eigenvalue weighted by atomic mass is 10.0. The van der Waals surface area contributed by atoms with Crippen molar-refractivity contribution in [2.24, 2.45) is 0 Å². The second kappa shape index (κ2) is 8.41. The van der Waals surface area contributed by atoms with Crippen LogP contribution in [0.1, 0.15) is 59.4 Å². The van der Waals surface area contributed by atoms with E-state index in [-0.39, 0.29) is 11.9 Å². The highest BCUT2D eigenvalue weighted by molar-refractivity contribution is 5.98. The molecule has 2 aromatic rings. The topological polar surface area (TPSA) is 74.5 Å². The number of benzene rings is 1. The van der Waals surface area contributed by atoms with Crippen molar-refractivity contribution in [2.45, 2.75) is 45.2 Å². The van der Waals surface area contributed by atoms with Gasteiger partial charge in [-0.1, -0.05) is 12.1 Å². The fourth-order valence-corrected chi connectivity index (χ4v) is 4.29. The van der Waals surface area contributed by atoms with Crippen LogP contribution in [0.3, 0.4) is 0 Å². The van der Waals surface area contributed by atoms with Crippen LogP contribution in [0.25, 0.3) is 0 Å². The van der Waals surface area contributed by atoms with Crippen LogP contribution >= 0.6 is 0 Å². The Labute approximate surface area is 173 Å². The van der Waals surface area contributed by atoms with E-state index in [9.17, 15) is 4.79 Å². The average molecular weight is 394 g/mol. The summed E-state index contributed by atoms with van der Waals surface area (Å²) in [7, 11) is 2.08. The predicted molar refractivity (Wildman–Crippen MR) is 117 cm³/mol. The van der Waals surface area contributed by atoms with Crippen molar-refractivity contribution in [2.75, 3.05) is 37.3 Å². The number of aromatic nitrogens is 1. The largest absolute Gasteiger partial charge is 0.383 e. The van der Waals surface area contributed by atoms with Gasteiger partial charge in [0, 0.05) is 44.0 Å². The minimum Gasteiger partial charge on any atom is -0.383 e. The number of anilines is 2. The molecule has 6 nitrogen and oxygen atoms in total. The predicted octanol–water partition coefficient (Wildman–Crippen LogP) is 3.13. The highest BCUT2D eigenvalue weighted by Crippen LogP contribution is 2.24. The number of amides is 1. The lowest BCUT2D eigenvalue weighted by Gasteiger charge is -2.29. The Kier molecular flexibility index (Phi) is 5.72. The van der Waals surface area contributed by atoms with Crippen molar-refractivity contribution in [1.82, 2.24) is 15.2 Å². The van der Waals surface area contributed by atoms with Gasteiger partial charge in [0.1, 0.15) is 5.82 Å². The van der Waals surface area contributed by atoms with Gasteiger partial charge in [-0.25, -0.2) is 4.98 Å². The van der Waals surface area contributed by atoms with Gasteiger partial charge in [-0.15, -0.1) is 0 Å². The summed E-state index contributed by atoms with van der Waals surface area (Å²) in [6, 6.07) is 10.4. The molecule has 154 valence electrons. The Morgan fingerprint density at radius 2 is 1.86 bits per heavy atom. The summed E-state index contributed by atoms with van der Waals surface area (Å²) < 4.78 is 0. The second-order valence-corrected chi connectivity index (χ2v) is 8.35. The van der Waals surface area contributed by atoms with Crippen molar-refractivity contribution < 1.29 is 4.79 Å². The van der Waals surface area contributed by atoms with Crippen molar-refractivity contribution in [3.05, 3.63) is 52.7 Å². The van der Waals surface area contributed by atoms with Crippen molar-refractivity contribution in [3.63, 3.8) is 0 Å². The number of nitrogens with zero attached hydrogens (tertiary/aromatic N) is 3. The molecule has 1 aromatic carbocycles. The Morgan fingerprint density at radius 3 is 2.59 bits per heavy atom. The second-order valence-electron chi connectivity index (χ2n) is 8.35. The summed E-state index contributed by atoms with van der Waals surface area (Å²) in [4.78, 5) is 22.0. The van der Waals surface area contributed by atoms with Crippen LogP contribution in [0.15, 0.2) is 30.3 Å². The number of nitrogens with two attached hydrogens (primary N) is 1. The summed E-state index contributed by atoms with van der Waals surface area (Å²) in [6.45, 7) is 6.03. The van der Waals surface area contributed by atoms with Crippen LogP contribution in [0.4, 0.5) is 11.5 Å². The average Bonchev–Trinajstić information content (AvgIpc) is 2.74. The van der Waals surface area contributed by atoms with Gasteiger partial charge < -0.3 is 20.9 Å².